The lowest BCUT2D eigenvalue weighted by atomic mass is 10.1. The number of methoxy groups -OCH3 is 1. The number of carbonyl (C=O) groups is 1. The molecule has 1 aliphatic heterocycles. The monoisotopic (exact) mass is 372 g/mol. The molecule has 1 aliphatic rings. The van der Waals surface area contributed by atoms with Crippen molar-refractivity contribution in [2.75, 3.05) is 14.2 Å². The van der Waals surface area contributed by atoms with E-state index in [1.165, 1.54) is 11.8 Å². The molecule has 1 fully saturated rings. The fourth-order valence-corrected chi connectivity index (χ4v) is 3.53. The van der Waals surface area contributed by atoms with E-state index in [2.05, 4.69) is 4.99 Å². The van der Waals surface area contributed by atoms with Crippen LogP contribution in [0, 0.1) is 6.92 Å². The number of aryl methyl sites for hydroxylation is 1. The van der Waals surface area contributed by atoms with E-state index in [-0.39, 0.29) is 5.91 Å². The minimum atomic E-state index is -0.0637. The number of hydrogen-bond donors (Lipinski definition) is 0. The zero-order valence-corrected chi connectivity index (χ0v) is 15.7. The first-order valence-corrected chi connectivity index (χ1v) is 8.84. The van der Waals surface area contributed by atoms with Crippen molar-refractivity contribution in [1.82, 2.24) is 4.90 Å². The standard InChI is InChI=1S/C19H17ClN2O2S/c1-12-10-13(4-9-16(12)24-3)11-17-18(23)22(2)19(25-17)21-15-7-5-14(20)6-8-15/h4-11H,1-3H3. The van der Waals surface area contributed by atoms with Crippen molar-refractivity contribution < 1.29 is 9.53 Å². The van der Waals surface area contributed by atoms with Gasteiger partial charge in [-0.25, -0.2) is 4.99 Å². The van der Waals surface area contributed by atoms with Crippen molar-refractivity contribution in [3.63, 3.8) is 0 Å². The van der Waals surface area contributed by atoms with Crippen LogP contribution in [0.5, 0.6) is 5.75 Å². The van der Waals surface area contributed by atoms with E-state index in [4.69, 9.17) is 16.3 Å². The van der Waals surface area contributed by atoms with Gasteiger partial charge in [-0.1, -0.05) is 17.7 Å². The molecule has 0 bridgehead atoms. The first-order chi connectivity index (χ1) is 12.0. The normalized spacial score (nSPS) is 17.6. The second kappa shape index (κ2) is 7.33. The summed E-state index contributed by atoms with van der Waals surface area (Å²) in [7, 11) is 3.37. The van der Waals surface area contributed by atoms with Crippen LogP contribution >= 0.6 is 23.4 Å². The predicted molar refractivity (Wildman–Crippen MR) is 105 cm³/mol. The van der Waals surface area contributed by atoms with Gasteiger partial charge in [0.25, 0.3) is 5.91 Å². The molecule has 1 amide bonds. The molecule has 128 valence electrons. The van der Waals surface area contributed by atoms with Gasteiger partial charge in [0.2, 0.25) is 0 Å². The number of carbonyl (C=O) groups excluding carboxylic acids is 1. The summed E-state index contributed by atoms with van der Waals surface area (Å²) in [5, 5.41) is 1.30. The number of likely N-dealkylation sites (N-methyl/N-ethyl adjacent to an activating group) is 1. The van der Waals surface area contributed by atoms with E-state index in [0.29, 0.717) is 15.1 Å². The summed E-state index contributed by atoms with van der Waals surface area (Å²) in [5.74, 6) is 0.765. The molecule has 4 nitrogen and oxygen atoms in total. The third-order valence-corrected chi connectivity index (χ3v) is 5.08. The van der Waals surface area contributed by atoms with E-state index < -0.39 is 0 Å². The smallest absolute Gasteiger partial charge is 0.266 e. The molecule has 1 heterocycles. The molecular weight excluding hydrogens is 356 g/mol. The van der Waals surface area contributed by atoms with Crippen LogP contribution in [-0.2, 0) is 4.79 Å². The van der Waals surface area contributed by atoms with E-state index >= 15 is 0 Å². The number of nitrogens with zero attached hydrogens (tertiary/aromatic N) is 2. The first-order valence-electron chi connectivity index (χ1n) is 7.64. The Kier molecular flexibility index (Phi) is 5.16. The van der Waals surface area contributed by atoms with Gasteiger partial charge in [0, 0.05) is 12.1 Å². The van der Waals surface area contributed by atoms with Crippen molar-refractivity contribution in [1.29, 1.82) is 0 Å². The second-order valence-corrected chi connectivity index (χ2v) is 7.02. The highest BCUT2D eigenvalue weighted by Gasteiger charge is 2.30. The highest BCUT2D eigenvalue weighted by molar-refractivity contribution is 8.18. The molecule has 1 saturated heterocycles. The van der Waals surface area contributed by atoms with E-state index in [0.717, 1.165) is 22.6 Å². The van der Waals surface area contributed by atoms with Gasteiger partial charge in [-0.2, -0.15) is 0 Å². The van der Waals surface area contributed by atoms with Crippen LogP contribution in [0.15, 0.2) is 52.4 Å². The summed E-state index contributed by atoms with van der Waals surface area (Å²) < 4.78 is 5.27. The predicted octanol–water partition coefficient (Wildman–Crippen LogP) is 4.89. The van der Waals surface area contributed by atoms with Gasteiger partial charge in [0.05, 0.1) is 17.7 Å². The van der Waals surface area contributed by atoms with Crippen molar-refractivity contribution in [2.45, 2.75) is 6.92 Å². The van der Waals surface area contributed by atoms with Crippen molar-refractivity contribution in [3.8, 4) is 5.75 Å². The summed E-state index contributed by atoms with van der Waals surface area (Å²) in [6, 6.07) is 13.0. The lowest BCUT2D eigenvalue weighted by Crippen LogP contribution is -2.23. The lowest BCUT2D eigenvalue weighted by molar-refractivity contribution is -0.121. The Morgan fingerprint density at radius 2 is 1.92 bits per heavy atom. The number of hydrogen-bond acceptors (Lipinski definition) is 4. The molecule has 0 atom stereocenters. The number of rotatable bonds is 3. The Hall–Kier alpha value is -2.24. The summed E-state index contributed by atoms with van der Waals surface area (Å²) in [6.45, 7) is 1.98. The second-order valence-electron chi connectivity index (χ2n) is 5.57. The SMILES string of the molecule is COc1ccc(C=C2SC(=Nc3ccc(Cl)cc3)N(C)C2=O)cc1C. The minimum Gasteiger partial charge on any atom is -0.496 e. The third-order valence-electron chi connectivity index (χ3n) is 3.77. The Morgan fingerprint density at radius 3 is 2.56 bits per heavy atom. The number of halogens is 1. The largest absolute Gasteiger partial charge is 0.496 e. The number of amidine groups is 1. The number of benzene rings is 2. The van der Waals surface area contributed by atoms with Gasteiger partial charge in [-0.3, -0.25) is 9.69 Å². The van der Waals surface area contributed by atoms with E-state index in [9.17, 15) is 4.79 Å². The third kappa shape index (κ3) is 3.89. The maximum atomic E-state index is 12.5. The molecule has 0 aromatic heterocycles. The molecule has 6 heteroatoms. The Bertz CT molecular complexity index is 875. The number of amides is 1. The van der Waals surface area contributed by atoms with Crippen LogP contribution < -0.4 is 4.74 Å². The molecule has 25 heavy (non-hydrogen) atoms. The Labute approximate surface area is 156 Å². The van der Waals surface area contributed by atoms with Crippen LogP contribution in [0.3, 0.4) is 0 Å². The highest BCUT2D eigenvalue weighted by atomic mass is 35.5. The molecule has 2 aromatic rings. The summed E-state index contributed by atoms with van der Waals surface area (Å²) in [5.41, 5.74) is 2.74. The lowest BCUT2D eigenvalue weighted by Gasteiger charge is -2.07. The molecule has 3 rings (SSSR count). The molecule has 0 N–H and O–H groups in total. The van der Waals surface area contributed by atoms with Crippen molar-refractivity contribution in [2.24, 2.45) is 4.99 Å². The zero-order valence-electron chi connectivity index (χ0n) is 14.1. The first kappa shape index (κ1) is 17.6. The maximum absolute atomic E-state index is 12.5. The van der Waals surface area contributed by atoms with E-state index in [1.54, 1.807) is 31.2 Å². The van der Waals surface area contributed by atoms with Crippen LogP contribution in [0.25, 0.3) is 6.08 Å². The molecule has 0 aliphatic carbocycles. The van der Waals surface area contributed by atoms with Crippen molar-refractivity contribution in [3.05, 3.63) is 63.5 Å². The Morgan fingerprint density at radius 1 is 1.20 bits per heavy atom. The molecule has 0 spiro atoms. The number of aliphatic imine (C=N–C) groups is 1. The van der Waals surface area contributed by atoms with Gasteiger partial charge in [-0.15, -0.1) is 0 Å². The topological polar surface area (TPSA) is 41.9 Å². The average molecular weight is 373 g/mol. The van der Waals surface area contributed by atoms with Crippen LogP contribution in [-0.4, -0.2) is 30.1 Å². The fourth-order valence-electron chi connectivity index (χ4n) is 2.42. The zero-order chi connectivity index (χ0) is 18.0. The Balaban J connectivity index is 1.88. The molecule has 0 unspecified atom stereocenters. The summed E-state index contributed by atoms with van der Waals surface area (Å²) >= 11 is 7.25. The van der Waals surface area contributed by atoms with Crippen LogP contribution in [0.2, 0.25) is 5.02 Å². The quantitative estimate of drug-likeness (QED) is 0.720. The molecular formula is C19H17ClN2O2S. The van der Waals surface area contributed by atoms with Gasteiger partial charge in [0.15, 0.2) is 5.17 Å². The van der Waals surface area contributed by atoms with E-state index in [1.807, 2.05) is 43.3 Å². The molecule has 0 radical (unpaired) electrons. The van der Waals surface area contributed by atoms with Gasteiger partial charge in [0.1, 0.15) is 5.75 Å². The maximum Gasteiger partial charge on any atom is 0.266 e. The molecule has 2 aromatic carbocycles. The van der Waals surface area contributed by atoms with Gasteiger partial charge < -0.3 is 4.74 Å². The minimum absolute atomic E-state index is 0.0637. The van der Waals surface area contributed by atoms with Gasteiger partial charge >= 0.3 is 0 Å². The number of ether oxygens (including phenoxy) is 1. The van der Waals surface area contributed by atoms with Crippen molar-refractivity contribution >= 4 is 46.2 Å². The average Bonchev–Trinajstić information content (AvgIpc) is 2.85. The highest BCUT2D eigenvalue weighted by Crippen LogP contribution is 2.33. The summed E-state index contributed by atoms with van der Waals surface area (Å²) in [6.07, 6.45) is 1.88. The van der Waals surface area contributed by atoms with Gasteiger partial charge in [-0.05, 0) is 72.3 Å². The van der Waals surface area contributed by atoms with Crippen LogP contribution in [0.1, 0.15) is 11.1 Å². The number of thioether (sulfide) groups is 1. The van der Waals surface area contributed by atoms with Crippen LogP contribution in [0.4, 0.5) is 5.69 Å². The summed E-state index contributed by atoms with van der Waals surface area (Å²) in [4.78, 5) is 19.2. The molecule has 0 saturated carbocycles. The fraction of sp³-hybridized carbons (Fsp3) is 0.158.